The highest BCUT2D eigenvalue weighted by Crippen LogP contribution is 2.29. The Morgan fingerprint density at radius 3 is 2.83 bits per heavy atom. The van der Waals surface area contributed by atoms with Crippen LogP contribution >= 0.6 is 15.9 Å². The molecular weight excluding hydrogens is 360 g/mol. The maximum atomic E-state index is 12.9. The van der Waals surface area contributed by atoms with Gasteiger partial charge in [0.25, 0.3) is 5.56 Å². The third kappa shape index (κ3) is 2.38. The van der Waals surface area contributed by atoms with Gasteiger partial charge in [-0.1, -0.05) is 40.2 Å². The fourth-order valence-electron chi connectivity index (χ4n) is 3.14. The quantitative estimate of drug-likeness (QED) is 0.665. The number of aliphatic hydroxyl groups is 1. The van der Waals surface area contributed by atoms with Crippen molar-refractivity contribution in [3.05, 3.63) is 51.5 Å². The van der Waals surface area contributed by atoms with Gasteiger partial charge in [0, 0.05) is 16.5 Å². The number of hydrogen-bond donors (Lipinski definition) is 1. The zero-order chi connectivity index (χ0) is 16.0. The molecule has 0 unspecified atom stereocenters. The van der Waals surface area contributed by atoms with Gasteiger partial charge < -0.3 is 9.84 Å². The zero-order valence-corrected chi connectivity index (χ0v) is 13.9. The minimum Gasteiger partial charge on any atom is -0.391 e. The summed E-state index contributed by atoms with van der Waals surface area (Å²) in [5, 5.41) is 12.7. The summed E-state index contributed by atoms with van der Waals surface area (Å²) in [4.78, 5) is 17.4. The SMILES string of the molecule is O=c1c2cc(Br)c3ccccc3c2ncn1[C@H]1COCC[C@@H]1O. The molecule has 2 heterocycles. The van der Waals surface area contributed by atoms with E-state index in [0.717, 1.165) is 15.2 Å². The molecule has 0 bridgehead atoms. The molecule has 6 heteroatoms. The van der Waals surface area contributed by atoms with Gasteiger partial charge in [0.2, 0.25) is 0 Å². The molecule has 1 aliphatic heterocycles. The fraction of sp³-hybridized carbons (Fsp3) is 0.294. The Labute approximate surface area is 140 Å². The smallest absolute Gasteiger partial charge is 0.261 e. The van der Waals surface area contributed by atoms with E-state index >= 15 is 0 Å². The van der Waals surface area contributed by atoms with Crippen molar-refractivity contribution in [2.75, 3.05) is 13.2 Å². The van der Waals surface area contributed by atoms with E-state index in [-0.39, 0.29) is 5.56 Å². The van der Waals surface area contributed by atoms with Crippen LogP contribution in [0.25, 0.3) is 21.7 Å². The number of ether oxygens (including phenoxy) is 1. The predicted octanol–water partition coefficient (Wildman–Crippen LogP) is 2.63. The van der Waals surface area contributed by atoms with Crippen molar-refractivity contribution in [2.45, 2.75) is 18.6 Å². The fourth-order valence-corrected chi connectivity index (χ4v) is 3.72. The van der Waals surface area contributed by atoms with E-state index in [1.165, 1.54) is 10.9 Å². The van der Waals surface area contributed by atoms with E-state index in [1.54, 1.807) is 6.07 Å². The summed E-state index contributed by atoms with van der Waals surface area (Å²) in [7, 11) is 0. The van der Waals surface area contributed by atoms with Crippen molar-refractivity contribution < 1.29 is 9.84 Å². The Hall–Kier alpha value is -1.76. The first-order valence-electron chi connectivity index (χ1n) is 7.50. The van der Waals surface area contributed by atoms with Gasteiger partial charge in [-0.3, -0.25) is 9.36 Å². The predicted molar refractivity (Wildman–Crippen MR) is 91.7 cm³/mol. The Balaban J connectivity index is 1.98. The number of halogens is 1. The summed E-state index contributed by atoms with van der Waals surface area (Å²) >= 11 is 3.53. The van der Waals surface area contributed by atoms with Crippen LogP contribution in [0.15, 0.2) is 45.9 Å². The van der Waals surface area contributed by atoms with Gasteiger partial charge in [0.15, 0.2) is 0 Å². The van der Waals surface area contributed by atoms with Crippen molar-refractivity contribution in [1.29, 1.82) is 0 Å². The molecule has 0 radical (unpaired) electrons. The molecular formula is C17H15BrN2O3. The molecule has 2 aromatic carbocycles. The van der Waals surface area contributed by atoms with Gasteiger partial charge >= 0.3 is 0 Å². The number of fused-ring (bicyclic) bond motifs is 3. The molecule has 2 atom stereocenters. The van der Waals surface area contributed by atoms with Gasteiger partial charge in [0.1, 0.15) is 0 Å². The largest absolute Gasteiger partial charge is 0.391 e. The van der Waals surface area contributed by atoms with Gasteiger partial charge in [-0.15, -0.1) is 0 Å². The van der Waals surface area contributed by atoms with Crippen molar-refractivity contribution in [2.24, 2.45) is 0 Å². The highest BCUT2D eigenvalue weighted by atomic mass is 79.9. The number of hydrogen-bond acceptors (Lipinski definition) is 4. The summed E-state index contributed by atoms with van der Waals surface area (Å²) in [6.07, 6.45) is 1.45. The Kier molecular flexibility index (Phi) is 3.67. The van der Waals surface area contributed by atoms with Crippen molar-refractivity contribution in [1.82, 2.24) is 9.55 Å². The molecule has 3 aromatic rings. The highest BCUT2D eigenvalue weighted by molar-refractivity contribution is 9.10. The number of benzene rings is 2. The van der Waals surface area contributed by atoms with E-state index < -0.39 is 12.1 Å². The van der Waals surface area contributed by atoms with Crippen LogP contribution in [0, 0.1) is 0 Å². The average Bonchev–Trinajstić information content (AvgIpc) is 2.57. The highest BCUT2D eigenvalue weighted by Gasteiger charge is 2.27. The molecule has 1 aliphatic rings. The molecule has 4 rings (SSSR count). The monoisotopic (exact) mass is 374 g/mol. The van der Waals surface area contributed by atoms with Crippen molar-refractivity contribution in [3.8, 4) is 0 Å². The molecule has 5 nitrogen and oxygen atoms in total. The Bertz CT molecular complexity index is 954. The van der Waals surface area contributed by atoms with E-state index in [9.17, 15) is 9.90 Å². The van der Waals surface area contributed by atoms with Crippen LogP contribution in [0.5, 0.6) is 0 Å². The third-order valence-electron chi connectivity index (χ3n) is 4.39. The maximum Gasteiger partial charge on any atom is 0.261 e. The summed E-state index contributed by atoms with van der Waals surface area (Å²) in [5.74, 6) is 0. The lowest BCUT2D eigenvalue weighted by Gasteiger charge is -2.29. The van der Waals surface area contributed by atoms with Crippen LogP contribution in [-0.2, 0) is 4.74 Å². The molecule has 1 fully saturated rings. The Morgan fingerprint density at radius 2 is 2.04 bits per heavy atom. The van der Waals surface area contributed by atoms with E-state index in [1.807, 2.05) is 24.3 Å². The standard InChI is InChI=1S/C17H15BrN2O3/c18-13-7-12-16(11-4-2-1-3-10(11)13)19-9-20(17(12)22)14-8-23-6-5-15(14)21/h1-4,7,9,14-15,21H,5-6,8H2/t14-,15-/m0/s1. The summed E-state index contributed by atoms with van der Waals surface area (Å²) in [5.41, 5.74) is 0.521. The number of aromatic nitrogens is 2. The van der Waals surface area contributed by atoms with Crippen LogP contribution in [0.1, 0.15) is 12.5 Å². The first kappa shape index (κ1) is 14.8. The molecule has 1 aromatic heterocycles. The number of rotatable bonds is 1. The first-order chi connectivity index (χ1) is 11.2. The van der Waals surface area contributed by atoms with Crippen molar-refractivity contribution >= 4 is 37.6 Å². The van der Waals surface area contributed by atoms with E-state index in [0.29, 0.717) is 30.5 Å². The number of nitrogens with zero attached hydrogens (tertiary/aromatic N) is 2. The minimum atomic E-state index is -0.593. The lowest BCUT2D eigenvalue weighted by Crippen LogP contribution is -2.39. The summed E-state index contributed by atoms with van der Waals surface area (Å²) < 4.78 is 7.76. The average molecular weight is 375 g/mol. The second-order valence-electron chi connectivity index (χ2n) is 5.76. The van der Waals surface area contributed by atoms with Gasteiger partial charge in [-0.2, -0.15) is 0 Å². The molecule has 1 N–H and O–H groups in total. The second kappa shape index (κ2) is 5.70. The van der Waals surface area contributed by atoms with Crippen LogP contribution in [-0.4, -0.2) is 34.0 Å². The normalized spacial score (nSPS) is 21.8. The first-order valence-corrected chi connectivity index (χ1v) is 8.30. The van der Waals surface area contributed by atoms with E-state index in [2.05, 4.69) is 20.9 Å². The lowest BCUT2D eigenvalue weighted by atomic mass is 10.1. The second-order valence-corrected chi connectivity index (χ2v) is 6.61. The molecule has 0 amide bonds. The number of aliphatic hydroxyl groups excluding tert-OH is 1. The molecule has 23 heavy (non-hydrogen) atoms. The zero-order valence-electron chi connectivity index (χ0n) is 12.3. The van der Waals surface area contributed by atoms with Gasteiger partial charge in [-0.05, 0) is 17.9 Å². The summed E-state index contributed by atoms with van der Waals surface area (Å²) in [6, 6.07) is 9.25. The van der Waals surface area contributed by atoms with Crippen LogP contribution < -0.4 is 5.56 Å². The van der Waals surface area contributed by atoms with E-state index in [4.69, 9.17) is 4.74 Å². The van der Waals surface area contributed by atoms with Crippen molar-refractivity contribution in [3.63, 3.8) is 0 Å². The topological polar surface area (TPSA) is 64.4 Å². The third-order valence-corrected chi connectivity index (χ3v) is 5.05. The maximum absolute atomic E-state index is 12.9. The molecule has 0 aliphatic carbocycles. The molecule has 0 spiro atoms. The summed E-state index contributed by atoms with van der Waals surface area (Å²) in [6.45, 7) is 0.840. The van der Waals surface area contributed by atoms with Crippen LogP contribution in [0.3, 0.4) is 0 Å². The Morgan fingerprint density at radius 1 is 1.26 bits per heavy atom. The van der Waals surface area contributed by atoms with Crippen LogP contribution in [0.4, 0.5) is 0 Å². The van der Waals surface area contributed by atoms with Gasteiger partial charge in [0.05, 0.1) is 36.0 Å². The minimum absolute atomic E-state index is 0.156. The molecule has 0 saturated carbocycles. The molecule has 118 valence electrons. The molecule has 1 saturated heterocycles. The lowest BCUT2D eigenvalue weighted by molar-refractivity contribution is -0.0303. The van der Waals surface area contributed by atoms with Crippen LogP contribution in [0.2, 0.25) is 0 Å². The van der Waals surface area contributed by atoms with Gasteiger partial charge in [-0.25, -0.2) is 4.98 Å².